The molecule has 0 aliphatic rings. The fraction of sp³-hybridized carbons (Fsp3) is 0.757. The van der Waals surface area contributed by atoms with Crippen molar-refractivity contribution in [3.8, 4) is 23.8 Å². The molecule has 0 fully saturated rings. The maximum Gasteiger partial charge on any atom is 0.508 e. The van der Waals surface area contributed by atoms with Crippen LogP contribution >= 0.6 is 0 Å². The van der Waals surface area contributed by atoms with Crippen LogP contribution in [0.1, 0.15) is 161 Å². The van der Waals surface area contributed by atoms with Crippen LogP contribution in [-0.4, -0.2) is 26.0 Å². The molecule has 0 heterocycles. The molecule has 0 radical (unpaired) electrons. The molecule has 1 aromatic rings. The summed E-state index contributed by atoms with van der Waals surface area (Å²) in [6, 6.07) is 5.80. The van der Waals surface area contributed by atoms with Gasteiger partial charge in [-0.3, -0.25) is 0 Å². The monoisotopic (exact) mass is 586 g/mol. The summed E-state index contributed by atoms with van der Waals surface area (Å²) >= 11 is 0. The molecular weight excluding hydrogens is 524 g/mol. The Morgan fingerprint density at radius 2 is 1.00 bits per heavy atom. The molecule has 0 saturated heterocycles. The minimum Gasteiger partial charge on any atom is -0.493 e. The number of terminal acetylenes is 1. The van der Waals surface area contributed by atoms with Gasteiger partial charge in [-0.15, -0.1) is 12.3 Å². The minimum atomic E-state index is -0.684. The first-order valence-electron chi connectivity index (χ1n) is 17.3. The van der Waals surface area contributed by atoms with Crippen molar-refractivity contribution in [3.63, 3.8) is 0 Å². The highest BCUT2D eigenvalue weighted by Crippen LogP contribution is 2.25. The molecule has 1 rings (SSSR count). The Morgan fingerprint density at radius 1 is 0.571 bits per heavy atom. The second-order valence-corrected chi connectivity index (χ2v) is 11.6. The summed E-state index contributed by atoms with van der Waals surface area (Å²) in [6.07, 6.45) is 31.7. The van der Waals surface area contributed by atoms with Crippen LogP contribution in [0, 0.1) is 12.3 Å². The van der Waals surface area contributed by atoms with E-state index in [1.165, 1.54) is 116 Å². The van der Waals surface area contributed by atoms with Crippen LogP contribution in [0.25, 0.3) is 0 Å². The minimum absolute atomic E-state index is 0.109. The van der Waals surface area contributed by atoms with Gasteiger partial charge in [0.1, 0.15) is 18.1 Å². The Labute approximate surface area is 258 Å². The van der Waals surface area contributed by atoms with E-state index in [4.69, 9.17) is 25.4 Å². The first kappa shape index (κ1) is 37.7. The van der Waals surface area contributed by atoms with E-state index in [1.807, 2.05) is 18.2 Å². The van der Waals surface area contributed by atoms with Crippen molar-refractivity contribution >= 4 is 6.16 Å². The molecule has 0 aromatic heterocycles. The van der Waals surface area contributed by atoms with Gasteiger partial charge in [0.05, 0.1) is 19.8 Å². The first-order chi connectivity index (χ1) is 20.7. The van der Waals surface area contributed by atoms with Crippen LogP contribution in [0.3, 0.4) is 0 Å². The van der Waals surface area contributed by atoms with Crippen molar-refractivity contribution in [2.24, 2.45) is 0 Å². The third kappa shape index (κ3) is 23.2. The molecule has 0 unspecified atom stereocenters. The third-order valence-corrected chi connectivity index (χ3v) is 7.52. The van der Waals surface area contributed by atoms with Gasteiger partial charge in [0.2, 0.25) is 0 Å². The van der Waals surface area contributed by atoms with Gasteiger partial charge >= 0.3 is 6.16 Å². The van der Waals surface area contributed by atoms with E-state index >= 15 is 0 Å². The van der Waals surface area contributed by atoms with Crippen LogP contribution in [-0.2, 0) is 16.1 Å². The van der Waals surface area contributed by atoms with Crippen molar-refractivity contribution in [2.45, 2.75) is 162 Å². The highest BCUT2D eigenvalue weighted by Gasteiger charge is 2.09. The van der Waals surface area contributed by atoms with Gasteiger partial charge in [-0.05, 0) is 37.0 Å². The number of unbranched alkanes of at least 4 members (excludes halogenated alkanes) is 19. The fourth-order valence-corrected chi connectivity index (χ4v) is 4.95. The number of hydrogen-bond donors (Lipinski definition) is 0. The highest BCUT2D eigenvalue weighted by atomic mass is 16.7. The Bertz CT molecular complexity index is 756. The van der Waals surface area contributed by atoms with Gasteiger partial charge in [-0.2, -0.15) is 0 Å². The van der Waals surface area contributed by atoms with Gasteiger partial charge in [-0.1, -0.05) is 129 Å². The van der Waals surface area contributed by atoms with Crippen molar-refractivity contribution < 1.29 is 23.7 Å². The zero-order chi connectivity index (χ0) is 30.4. The molecule has 5 nitrogen and oxygen atoms in total. The largest absolute Gasteiger partial charge is 0.508 e. The molecule has 240 valence electrons. The van der Waals surface area contributed by atoms with Gasteiger partial charge < -0.3 is 18.9 Å². The quantitative estimate of drug-likeness (QED) is 0.0531. The summed E-state index contributed by atoms with van der Waals surface area (Å²) in [5.74, 6) is 4.05. The zero-order valence-electron chi connectivity index (χ0n) is 27.2. The predicted molar refractivity (Wildman–Crippen MR) is 175 cm³/mol. The first-order valence-corrected chi connectivity index (χ1v) is 17.3. The van der Waals surface area contributed by atoms with Crippen molar-refractivity contribution in [2.75, 3.05) is 19.8 Å². The molecule has 42 heavy (non-hydrogen) atoms. The van der Waals surface area contributed by atoms with E-state index < -0.39 is 6.16 Å². The highest BCUT2D eigenvalue weighted by molar-refractivity contribution is 5.60. The lowest BCUT2D eigenvalue weighted by Gasteiger charge is -2.13. The van der Waals surface area contributed by atoms with Crippen LogP contribution in [0.5, 0.6) is 11.5 Å². The summed E-state index contributed by atoms with van der Waals surface area (Å²) in [5.41, 5.74) is 0.828. The average molecular weight is 587 g/mol. The molecule has 0 aliphatic heterocycles. The molecule has 0 saturated carbocycles. The Hall–Kier alpha value is -2.35. The van der Waals surface area contributed by atoms with Gasteiger partial charge in [0.15, 0.2) is 0 Å². The van der Waals surface area contributed by atoms with Crippen molar-refractivity contribution in [1.82, 2.24) is 0 Å². The number of rotatable bonds is 29. The second-order valence-electron chi connectivity index (χ2n) is 11.6. The smallest absolute Gasteiger partial charge is 0.493 e. The van der Waals surface area contributed by atoms with Crippen LogP contribution in [0.15, 0.2) is 18.2 Å². The van der Waals surface area contributed by atoms with Gasteiger partial charge in [0.25, 0.3) is 0 Å². The summed E-state index contributed by atoms with van der Waals surface area (Å²) in [6.45, 7) is 6.25. The number of ether oxygens (including phenoxy) is 4. The van der Waals surface area contributed by atoms with Gasteiger partial charge in [-0.25, -0.2) is 4.79 Å². The SMILES string of the molecule is C#CCCCOC(=O)OCc1cc(OCCCCCCCCCCCC)cc(OCCCCCCCCCCCC)c1. The number of carbonyl (C=O) groups is 1. The Morgan fingerprint density at radius 3 is 1.43 bits per heavy atom. The van der Waals surface area contributed by atoms with E-state index in [0.717, 1.165) is 29.9 Å². The van der Waals surface area contributed by atoms with E-state index in [0.29, 0.717) is 26.1 Å². The molecule has 0 bridgehead atoms. The molecule has 0 atom stereocenters. The lowest BCUT2D eigenvalue weighted by molar-refractivity contribution is 0.0493. The molecule has 0 spiro atoms. The number of hydrogen-bond acceptors (Lipinski definition) is 5. The third-order valence-electron chi connectivity index (χ3n) is 7.52. The normalized spacial score (nSPS) is 10.8. The lowest BCUT2D eigenvalue weighted by Crippen LogP contribution is -2.09. The Kier molecular flexibility index (Phi) is 25.8. The summed E-state index contributed by atoms with van der Waals surface area (Å²) in [5, 5.41) is 0. The summed E-state index contributed by atoms with van der Waals surface area (Å²) < 4.78 is 22.6. The number of carbonyl (C=O) groups excluding carboxylic acids is 1. The average Bonchev–Trinajstić information content (AvgIpc) is 2.99. The van der Waals surface area contributed by atoms with Crippen molar-refractivity contribution in [1.29, 1.82) is 0 Å². The molecule has 0 amide bonds. The van der Waals surface area contributed by atoms with Crippen LogP contribution in [0.4, 0.5) is 4.79 Å². The number of benzene rings is 1. The van der Waals surface area contributed by atoms with E-state index in [2.05, 4.69) is 19.8 Å². The van der Waals surface area contributed by atoms with E-state index in [1.54, 1.807) is 0 Å². The topological polar surface area (TPSA) is 54.0 Å². The van der Waals surface area contributed by atoms with Crippen molar-refractivity contribution in [3.05, 3.63) is 23.8 Å². The zero-order valence-corrected chi connectivity index (χ0v) is 27.2. The van der Waals surface area contributed by atoms with E-state index in [-0.39, 0.29) is 13.2 Å². The fourth-order valence-electron chi connectivity index (χ4n) is 4.95. The molecule has 0 aliphatic carbocycles. The van der Waals surface area contributed by atoms with Crippen LogP contribution < -0.4 is 9.47 Å². The second kappa shape index (κ2) is 28.8. The molecule has 0 N–H and O–H groups in total. The van der Waals surface area contributed by atoms with Gasteiger partial charge in [0, 0.05) is 12.5 Å². The summed E-state index contributed by atoms with van der Waals surface area (Å²) in [7, 11) is 0. The lowest BCUT2D eigenvalue weighted by atomic mass is 10.1. The summed E-state index contributed by atoms with van der Waals surface area (Å²) in [4.78, 5) is 12.0. The molecule has 1 aromatic carbocycles. The molecular formula is C37H62O5. The Balaban J connectivity index is 2.41. The standard InChI is InChI=1S/C37H62O5/c1-4-7-10-12-14-16-18-20-22-25-27-39-35-30-34(33-42-37(38)41-29-24-9-6-3)31-36(32-35)40-28-26-23-21-19-17-15-13-11-8-5-2/h3,30-32H,4-5,7-29,33H2,1-2H3. The van der Waals surface area contributed by atoms with E-state index in [9.17, 15) is 4.79 Å². The predicted octanol–water partition coefficient (Wildman–Crippen LogP) is 11.4. The van der Waals surface area contributed by atoms with Crippen LogP contribution in [0.2, 0.25) is 0 Å². The maximum absolute atomic E-state index is 12.0. The maximum atomic E-state index is 12.0. The molecule has 5 heteroatoms.